The highest BCUT2D eigenvalue weighted by Crippen LogP contribution is 2.18. The summed E-state index contributed by atoms with van der Waals surface area (Å²) in [5.41, 5.74) is 0. The van der Waals surface area contributed by atoms with E-state index in [0.717, 1.165) is 11.9 Å². The molecule has 0 fully saturated rings. The molecule has 1 amide bonds. The predicted molar refractivity (Wildman–Crippen MR) is 41.0 cm³/mol. The molecule has 0 atom stereocenters. The quantitative estimate of drug-likeness (QED) is 0.280. The average Bonchev–Trinajstić information content (AvgIpc) is 1.96. The molecule has 0 unspecified atom stereocenters. The molecule has 0 aromatic heterocycles. The Hall–Kier alpha value is -1.27. The summed E-state index contributed by atoms with van der Waals surface area (Å²) in [7, 11) is 3.53. The van der Waals surface area contributed by atoms with Crippen molar-refractivity contribution in [3.8, 4) is 0 Å². The van der Waals surface area contributed by atoms with E-state index < -0.39 is 12.0 Å². The van der Waals surface area contributed by atoms with Crippen LogP contribution in [0.3, 0.4) is 0 Å². The van der Waals surface area contributed by atoms with Crippen LogP contribution in [0.1, 0.15) is 0 Å². The summed E-state index contributed by atoms with van der Waals surface area (Å²) in [5.74, 6) is -1.12. The summed E-state index contributed by atoms with van der Waals surface area (Å²) in [6.45, 7) is 0. The first kappa shape index (κ1) is 11.7. The molecular weight excluding hydrogens is 187 g/mol. The number of alkyl halides is 3. The van der Waals surface area contributed by atoms with Gasteiger partial charge in [0, 0.05) is 21.1 Å². The third-order valence-electron chi connectivity index (χ3n) is 1.08. The molecule has 0 aromatic carbocycles. The van der Waals surface area contributed by atoms with Crippen LogP contribution < -0.4 is 0 Å². The molecule has 0 aliphatic carbocycles. The Labute approximate surface area is 73.6 Å². The summed E-state index contributed by atoms with van der Waals surface area (Å²) in [5, 5.41) is 3.61. The molecule has 0 spiro atoms. The normalized spacial score (nSPS) is 12.6. The van der Waals surface area contributed by atoms with Gasteiger partial charge in [0.05, 0.1) is 0 Å². The van der Waals surface area contributed by atoms with Crippen LogP contribution in [0.2, 0.25) is 0 Å². The monoisotopic (exact) mass is 197 g/mol. The van der Waals surface area contributed by atoms with Crippen LogP contribution in [0.25, 0.3) is 0 Å². The van der Waals surface area contributed by atoms with E-state index in [-0.39, 0.29) is 6.41 Å². The second kappa shape index (κ2) is 4.11. The zero-order chi connectivity index (χ0) is 10.6. The highest BCUT2D eigenvalue weighted by Gasteiger charge is 2.38. The SMILES string of the molecule is CN(C=O)/N=C(\N(C)C)C(F)(F)F. The van der Waals surface area contributed by atoms with Gasteiger partial charge in [-0.3, -0.25) is 4.79 Å². The summed E-state index contributed by atoms with van der Waals surface area (Å²) < 4.78 is 36.5. The maximum absolute atomic E-state index is 12.2. The molecule has 13 heavy (non-hydrogen) atoms. The van der Waals surface area contributed by atoms with Gasteiger partial charge in [-0.1, -0.05) is 0 Å². The molecule has 0 saturated heterocycles. The number of amidine groups is 1. The van der Waals surface area contributed by atoms with E-state index in [2.05, 4.69) is 5.10 Å². The van der Waals surface area contributed by atoms with Crippen molar-refractivity contribution < 1.29 is 18.0 Å². The first-order valence-corrected chi connectivity index (χ1v) is 3.30. The summed E-state index contributed by atoms with van der Waals surface area (Å²) in [6, 6.07) is 0. The number of halogens is 3. The van der Waals surface area contributed by atoms with Gasteiger partial charge in [-0.15, -0.1) is 5.10 Å². The fraction of sp³-hybridized carbons (Fsp3) is 0.667. The van der Waals surface area contributed by atoms with E-state index in [1.807, 2.05) is 0 Å². The second-order valence-corrected chi connectivity index (χ2v) is 2.49. The van der Waals surface area contributed by atoms with Crippen LogP contribution in [0.15, 0.2) is 5.10 Å². The van der Waals surface area contributed by atoms with Crippen molar-refractivity contribution in [2.24, 2.45) is 5.10 Å². The molecule has 0 aliphatic rings. The first-order chi connectivity index (χ1) is 5.79. The fourth-order valence-corrected chi connectivity index (χ4v) is 0.573. The topological polar surface area (TPSA) is 35.9 Å². The summed E-state index contributed by atoms with van der Waals surface area (Å²) >= 11 is 0. The minimum Gasteiger partial charge on any atom is -0.357 e. The van der Waals surface area contributed by atoms with Crippen molar-refractivity contribution in [3.05, 3.63) is 0 Å². The molecule has 0 rings (SSSR count). The van der Waals surface area contributed by atoms with Gasteiger partial charge in [0.1, 0.15) is 0 Å². The van der Waals surface area contributed by atoms with Crippen LogP contribution >= 0.6 is 0 Å². The number of hydrogen-bond acceptors (Lipinski definition) is 2. The maximum Gasteiger partial charge on any atom is 0.451 e. The molecule has 0 heterocycles. The van der Waals surface area contributed by atoms with E-state index in [4.69, 9.17) is 0 Å². The Bertz CT molecular complexity index is 212. The lowest BCUT2D eigenvalue weighted by Crippen LogP contribution is -2.38. The van der Waals surface area contributed by atoms with Gasteiger partial charge in [0.15, 0.2) is 0 Å². The van der Waals surface area contributed by atoms with Gasteiger partial charge in [-0.25, -0.2) is 5.01 Å². The van der Waals surface area contributed by atoms with Gasteiger partial charge in [0.25, 0.3) is 0 Å². The lowest BCUT2D eigenvalue weighted by atomic mass is 10.5. The molecule has 0 radical (unpaired) electrons. The van der Waals surface area contributed by atoms with Gasteiger partial charge in [-0.2, -0.15) is 13.2 Å². The molecule has 76 valence electrons. The standard InChI is InChI=1S/C6H10F3N3O/c1-11(2)5(6(7,8)9)10-12(3)4-13/h4H,1-3H3/b10-5-. The van der Waals surface area contributed by atoms with Crippen LogP contribution in [-0.4, -0.2) is 49.5 Å². The van der Waals surface area contributed by atoms with Gasteiger partial charge < -0.3 is 4.90 Å². The minimum atomic E-state index is -4.55. The highest BCUT2D eigenvalue weighted by molar-refractivity contribution is 5.87. The van der Waals surface area contributed by atoms with E-state index in [9.17, 15) is 18.0 Å². The van der Waals surface area contributed by atoms with Gasteiger partial charge >= 0.3 is 6.18 Å². The zero-order valence-electron chi connectivity index (χ0n) is 7.46. The molecule has 0 saturated carbocycles. The number of rotatable bonds is 2. The van der Waals surface area contributed by atoms with Crippen molar-refractivity contribution in [3.63, 3.8) is 0 Å². The molecule has 0 N–H and O–H groups in total. The van der Waals surface area contributed by atoms with Crippen molar-refractivity contribution in [2.75, 3.05) is 21.1 Å². The Morgan fingerprint density at radius 2 is 1.77 bits per heavy atom. The molecular formula is C6H10F3N3O. The molecule has 0 aromatic rings. The van der Waals surface area contributed by atoms with Crippen molar-refractivity contribution in [1.82, 2.24) is 9.91 Å². The first-order valence-electron chi connectivity index (χ1n) is 3.30. The van der Waals surface area contributed by atoms with E-state index >= 15 is 0 Å². The number of hydrogen-bond donors (Lipinski definition) is 0. The zero-order valence-corrected chi connectivity index (χ0v) is 7.46. The lowest BCUT2D eigenvalue weighted by Gasteiger charge is -2.19. The molecule has 4 nitrogen and oxygen atoms in total. The number of carbonyl (C=O) groups excluding carboxylic acids is 1. The summed E-state index contributed by atoms with van der Waals surface area (Å²) in [6.07, 6.45) is -4.37. The van der Waals surface area contributed by atoms with Crippen molar-refractivity contribution in [2.45, 2.75) is 6.18 Å². The fourth-order valence-electron chi connectivity index (χ4n) is 0.573. The third kappa shape index (κ3) is 3.77. The summed E-state index contributed by atoms with van der Waals surface area (Å²) in [4.78, 5) is 10.8. The highest BCUT2D eigenvalue weighted by atomic mass is 19.4. The van der Waals surface area contributed by atoms with E-state index in [0.29, 0.717) is 5.01 Å². The van der Waals surface area contributed by atoms with Gasteiger partial charge in [-0.05, 0) is 0 Å². The van der Waals surface area contributed by atoms with Crippen molar-refractivity contribution in [1.29, 1.82) is 0 Å². The molecule has 0 aliphatic heterocycles. The number of carbonyl (C=O) groups is 1. The van der Waals surface area contributed by atoms with Crippen LogP contribution in [0.4, 0.5) is 13.2 Å². The van der Waals surface area contributed by atoms with Crippen LogP contribution in [0.5, 0.6) is 0 Å². The number of hydrazone groups is 1. The Morgan fingerprint density at radius 3 is 2.00 bits per heavy atom. The Balaban J connectivity index is 4.81. The lowest BCUT2D eigenvalue weighted by molar-refractivity contribution is -0.117. The molecule has 7 heteroatoms. The van der Waals surface area contributed by atoms with E-state index in [1.165, 1.54) is 14.1 Å². The van der Waals surface area contributed by atoms with Crippen molar-refractivity contribution >= 4 is 12.2 Å². The van der Waals surface area contributed by atoms with Crippen LogP contribution in [0, 0.1) is 0 Å². The smallest absolute Gasteiger partial charge is 0.357 e. The van der Waals surface area contributed by atoms with Crippen LogP contribution in [-0.2, 0) is 4.79 Å². The largest absolute Gasteiger partial charge is 0.451 e. The predicted octanol–water partition coefficient (Wildman–Crippen LogP) is 0.512. The number of nitrogens with zero attached hydrogens (tertiary/aromatic N) is 3. The third-order valence-corrected chi connectivity index (χ3v) is 1.08. The molecule has 0 bridgehead atoms. The van der Waals surface area contributed by atoms with Gasteiger partial charge in [0.2, 0.25) is 12.2 Å². The Kier molecular flexibility index (Phi) is 3.70. The minimum absolute atomic E-state index is 0.190. The second-order valence-electron chi connectivity index (χ2n) is 2.49. The van der Waals surface area contributed by atoms with E-state index in [1.54, 1.807) is 0 Å². The maximum atomic E-state index is 12.2. The average molecular weight is 197 g/mol. The number of amides is 1. The Morgan fingerprint density at radius 1 is 1.31 bits per heavy atom.